The van der Waals surface area contributed by atoms with E-state index in [1.165, 1.54) is 0 Å². The van der Waals surface area contributed by atoms with Crippen molar-refractivity contribution < 1.29 is 30.4 Å². The number of rotatable bonds is 7. The first-order valence-corrected chi connectivity index (χ1v) is 12.9. The van der Waals surface area contributed by atoms with E-state index in [4.69, 9.17) is 17.3 Å². The third-order valence-electron chi connectivity index (χ3n) is 4.99. The number of sulfonamides is 2. The fourth-order valence-corrected chi connectivity index (χ4v) is 6.58. The second-order valence-corrected chi connectivity index (χ2v) is 11.3. The molecule has 1 unspecified atom stereocenters. The van der Waals surface area contributed by atoms with E-state index < -0.39 is 55.2 Å². The number of nitrogens with one attached hydrogen (secondary N) is 1. The summed E-state index contributed by atoms with van der Waals surface area (Å²) in [6, 6.07) is 5.50. The molecule has 0 aliphatic carbocycles. The van der Waals surface area contributed by atoms with Crippen LogP contribution in [-0.2, 0) is 24.8 Å². The first-order chi connectivity index (χ1) is 15.5. The lowest BCUT2D eigenvalue weighted by molar-refractivity contribution is -0.125. The van der Waals surface area contributed by atoms with Crippen LogP contribution in [0.15, 0.2) is 52.3 Å². The van der Waals surface area contributed by atoms with Crippen LogP contribution >= 0.6 is 11.6 Å². The average molecular weight is 523 g/mol. The van der Waals surface area contributed by atoms with Crippen LogP contribution in [0.1, 0.15) is 0 Å². The summed E-state index contributed by atoms with van der Waals surface area (Å²) in [4.78, 5) is 12.2. The maximum Gasteiger partial charge on any atom is 0.243 e. The molecule has 0 aromatic heterocycles. The zero-order valence-electron chi connectivity index (χ0n) is 17.1. The van der Waals surface area contributed by atoms with Crippen molar-refractivity contribution >= 4 is 37.6 Å². The van der Waals surface area contributed by atoms with Gasteiger partial charge in [-0.3, -0.25) is 4.79 Å². The molecular formula is C19H21ClF2N4O5S2. The Kier molecular flexibility index (Phi) is 7.71. The molecule has 0 radical (unpaired) electrons. The number of nitrogens with zero attached hydrogens (tertiary/aromatic N) is 2. The van der Waals surface area contributed by atoms with E-state index in [1.807, 2.05) is 0 Å². The number of carbonyl (C=O) groups is 1. The molecule has 1 atom stereocenters. The quantitative estimate of drug-likeness (QED) is 0.552. The van der Waals surface area contributed by atoms with E-state index in [9.17, 15) is 30.4 Å². The minimum atomic E-state index is -4.34. The van der Waals surface area contributed by atoms with Gasteiger partial charge < -0.3 is 11.1 Å². The monoisotopic (exact) mass is 522 g/mol. The van der Waals surface area contributed by atoms with Gasteiger partial charge in [-0.05, 0) is 42.5 Å². The van der Waals surface area contributed by atoms with Crippen molar-refractivity contribution in [2.45, 2.75) is 15.8 Å². The lowest BCUT2D eigenvalue weighted by Gasteiger charge is -2.38. The summed E-state index contributed by atoms with van der Waals surface area (Å²) >= 11 is 5.72. The molecule has 9 nitrogen and oxygen atoms in total. The predicted molar refractivity (Wildman–Crippen MR) is 116 cm³/mol. The Morgan fingerprint density at radius 1 is 1.03 bits per heavy atom. The number of carbonyl (C=O) groups excluding carboxylic acids is 1. The zero-order valence-corrected chi connectivity index (χ0v) is 19.5. The Balaban J connectivity index is 1.96. The summed E-state index contributed by atoms with van der Waals surface area (Å²) in [7, 11) is -8.48. The van der Waals surface area contributed by atoms with Gasteiger partial charge >= 0.3 is 0 Å². The number of halogens is 3. The van der Waals surface area contributed by atoms with E-state index in [2.05, 4.69) is 5.32 Å². The topological polar surface area (TPSA) is 130 Å². The minimum absolute atomic E-state index is 0.0380. The Morgan fingerprint density at radius 2 is 1.67 bits per heavy atom. The van der Waals surface area contributed by atoms with Crippen molar-refractivity contribution in [2.24, 2.45) is 5.73 Å². The summed E-state index contributed by atoms with van der Waals surface area (Å²) in [5.41, 5.74) is 5.40. The lowest BCUT2D eigenvalue weighted by Crippen LogP contribution is -2.61. The number of benzene rings is 2. The second kappa shape index (κ2) is 9.99. The van der Waals surface area contributed by atoms with Gasteiger partial charge in [-0.25, -0.2) is 25.6 Å². The van der Waals surface area contributed by atoms with Gasteiger partial charge in [-0.1, -0.05) is 11.6 Å². The van der Waals surface area contributed by atoms with Gasteiger partial charge in [0, 0.05) is 32.7 Å². The minimum Gasteiger partial charge on any atom is -0.353 e. The summed E-state index contributed by atoms with van der Waals surface area (Å²) in [5.74, 6) is -2.19. The molecule has 1 saturated heterocycles. The molecule has 3 N–H and O–H groups in total. The van der Waals surface area contributed by atoms with Crippen LogP contribution in [0.2, 0.25) is 5.02 Å². The molecule has 2 aromatic carbocycles. The largest absolute Gasteiger partial charge is 0.353 e. The van der Waals surface area contributed by atoms with Gasteiger partial charge in [0.1, 0.15) is 17.7 Å². The molecule has 0 spiro atoms. The van der Waals surface area contributed by atoms with E-state index in [0.717, 1.165) is 51.1 Å². The molecule has 2 aromatic rings. The maximum atomic E-state index is 13.5. The molecule has 1 fully saturated rings. The Bertz CT molecular complexity index is 1240. The fourth-order valence-electron chi connectivity index (χ4n) is 3.30. The van der Waals surface area contributed by atoms with Crippen molar-refractivity contribution in [1.29, 1.82) is 0 Å². The Morgan fingerprint density at radius 3 is 2.27 bits per heavy atom. The SMILES string of the molecule is NCCNC(=O)C1CN(S(=O)(=O)c2ccc(F)cc2)CCN1S(=O)(=O)c1ccc(F)c(Cl)c1. The molecule has 3 rings (SSSR count). The first kappa shape index (κ1) is 25.5. The molecule has 14 heteroatoms. The zero-order chi connectivity index (χ0) is 24.4. The van der Waals surface area contributed by atoms with Gasteiger partial charge in [0.25, 0.3) is 0 Å². The number of piperazine rings is 1. The predicted octanol–water partition coefficient (Wildman–Crippen LogP) is 0.757. The summed E-state index contributed by atoms with van der Waals surface area (Å²) in [6.07, 6.45) is 0. The molecule has 1 aliphatic rings. The first-order valence-electron chi connectivity index (χ1n) is 9.69. The number of amides is 1. The molecule has 0 saturated carbocycles. The van der Waals surface area contributed by atoms with Crippen LogP contribution in [0.25, 0.3) is 0 Å². The Labute approximate surface area is 195 Å². The molecule has 180 valence electrons. The van der Waals surface area contributed by atoms with Crippen molar-refractivity contribution in [3.05, 3.63) is 59.1 Å². The highest BCUT2D eigenvalue weighted by Crippen LogP contribution is 2.27. The van der Waals surface area contributed by atoms with Crippen molar-refractivity contribution in [3.8, 4) is 0 Å². The Hall–Kier alpha value is -2.16. The van der Waals surface area contributed by atoms with Crippen LogP contribution in [0.4, 0.5) is 8.78 Å². The van der Waals surface area contributed by atoms with Gasteiger partial charge in [-0.2, -0.15) is 8.61 Å². The summed E-state index contributed by atoms with van der Waals surface area (Å²) < 4.78 is 81.0. The molecular weight excluding hydrogens is 502 g/mol. The highest BCUT2D eigenvalue weighted by molar-refractivity contribution is 7.89. The molecule has 1 amide bonds. The fraction of sp³-hybridized carbons (Fsp3) is 0.316. The van der Waals surface area contributed by atoms with Gasteiger partial charge in [0.2, 0.25) is 26.0 Å². The van der Waals surface area contributed by atoms with Gasteiger partial charge in [0.15, 0.2) is 0 Å². The second-order valence-electron chi connectivity index (χ2n) is 7.10. The van der Waals surface area contributed by atoms with Gasteiger partial charge in [-0.15, -0.1) is 0 Å². The van der Waals surface area contributed by atoms with E-state index in [-0.39, 0.29) is 36.0 Å². The third-order valence-corrected chi connectivity index (χ3v) is 9.06. The summed E-state index contributed by atoms with van der Waals surface area (Å²) in [5, 5.41) is 2.05. The van der Waals surface area contributed by atoms with Crippen LogP contribution in [-0.4, -0.2) is 70.1 Å². The van der Waals surface area contributed by atoms with Crippen LogP contribution in [0.3, 0.4) is 0 Å². The standard InChI is InChI=1S/C19H21ClF2N4O5S2/c20-16-11-15(5-6-17(16)22)33(30,31)26-10-9-25(12-18(26)19(27)24-8-7-23)32(28,29)14-3-1-13(21)2-4-14/h1-6,11,18H,7-10,12,23H2,(H,24,27). The average Bonchev–Trinajstić information content (AvgIpc) is 2.79. The number of hydrogen-bond acceptors (Lipinski definition) is 6. The third kappa shape index (κ3) is 5.34. The van der Waals surface area contributed by atoms with E-state index >= 15 is 0 Å². The maximum absolute atomic E-state index is 13.5. The van der Waals surface area contributed by atoms with Crippen molar-refractivity contribution in [3.63, 3.8) is 0 Å². The molecule has 33 heavy (non-hydrogen) atoms. The number of hydrogen-bond donors (Lipinski definition) is 2. The van der Waals surface area contributed by atoms with Crippen LogP contribution < -0.4 is 11.1 Å². The van der Waals surface area contributed by atoms with Gasteiger partial charge in [0.05, 0.1) is 14.8 Å². The molecule has 0 bridgehead atoms. The molecule has 1 heterocycles. The molecule has 1 aliphatic heterocycles. The van der Waals surface area contributed by atoms with E-state index in [0.29, 0.717) is 0 Å². The van der Waals surface area contributed by atoms with Crippen LogP contribution in [0.5, 0.6) is 0 Å². The van der Waals surface area contributed by atoms with Crippen molar-refractivity contribution in [2.75, 3.05) is 32.7 Å². The highest BCUT2D eigenvalue weighted by atomic mass is 35.5. The van der Waals surface area contributed by atoms with Crippen LogP contribution in [0, 0.1) is 11.6 Å². The normalized spacial score (nSPS) is 18.2. The smallest absolute Gasteiger partial charge is 0.243 e. The summed E-state index contributed by atoms with van der Waals surface area (Å²) in [6.45, 7) is -1.01. The number of nitrogens with two attached hydrogens (primary N) is 1. The highest BCUT2D eigenvalue weighted by Gasteiger charge is 2.43. The lowest BCUT2D eigenvalue weighted by atomic mass is 10.2. The van der Waals surface area contributed by atoms with E-state index in [1.54, 1.807) is 0 Å². The van der Waals surface area contributed by atoms with Crippen molar-refractivity contribution in [1.82, 2.24) is 13.9 Å².